The highest BCUT2D eigenvalue weighted by molar-refractivity contribution is 5.26. The van der Waals surface area contributed by atoms with Crippen LogP contribution in [0.4, 0.5) is 0 Å². The second-order valence-electron chi connectivity index (χ2n) is 4.76. The van der Waals surface area contributed by atoms with E-state index in [-0.39, 0.29) is 12.1 Å². The Hall–Kier alpha value is -1.80. The maximum atomic E-state index is 6.25. The molecule has 0 aromatic heterocycles. The van der Waals surface area contributed by atoms with Crippen molar-refractivity contribution in [2.24, 2.45) is 5.73 Å². The summed E-state index contributed by atoms with van der Waals surface area (Å²) in [5.74, 6) is 0.857. The fraction of sp³-hybridized carbons (Fsp3) is 0.294. The van der Waals surface area contributed by atoms with Gasteiger partial charge in [-0.1, -0.05) is 49.4 Å². The minimum absolute atomic E-state index is 0.0603. The van der Waals surface area contributed by atoms with Gasteiger partial charge in [0, 0.05) is 0 Å². The smallest absolute Gasteiger partial charge is 0.119 e. The van der Waals surface area contributed by atoms with E-state index in [1.54, 1.807) is 0 Å². The molecule has 0 aliphatic rings. The molecule has 2 unspecified atom stereocenters. The van der Waals surface area contributed by atoms with Gasteiger partial charge in [0.05, 0.1) is 6.04 Å². The molecule has 2 heteroatoms. The van der Waals surface area contributed by atoms with Crippen molar-refractivity contribution >= 4 is 0 Å². The summed E-state index contributed by atoms with van der Waals surface area (Å²) >= 11 is 0. The molecule has 0 amide bonds. The largest absolute Gasteiger partial charge is 0.489 e. The molecule has 19 heavy (non-hydrogen) atoms. The molecule has 0 aliphatic carbocycles. The number of rotatable bonds is 5. The van der Waals surface area contributed by atoms with E-state index in [1.807, 2.05) is 37.3 Å². The Morgan fingerprint density at radius 3 is 2.21 bits per heavy atom. The Morgan fingerprint density at radius 1 is 1.00 bits per heavy atom. The summed E-state index contributed by atoms with van der Waals surface area (Å²) in [5.41, 5.74) is 8.69. The predicted molar refractivity (Wildman–Crippen MR) is 79.3 cm³/mol. The molecule has 0 fully saturated rings. The second-order valence-corrected chi connectivity index (χ2v) is 4.76. The first-order valence-corrected chi connectivity index (χ1v) is 6.77. The first kappa shape index (κ1) is 13.6. The molecule has 0 radical (unpaired) electrons. The zero-order valence-electron chi connectivity index (χ0n) is 11.5. The van der Waals surface area contributed by atoms with Crippen molar-refractivity contribution in [3.8, 4) is 5.75 Å². The van der Waals surface area contributed by atoms with Gasteiger partial charge in [0.1, 0.15) is 11.9 Å². The maximum Gasteiger partial charge on any atom is 0.119 e. The quantitative estimate of drug-likeness (QED) is 0.883. The van der Waals surface area contributed by atoms with Gasteiger partial charge in [-0.05, 0) is 36.6 Å². The van der Waals surface area contributed by atoms with Crippen LogP contribution in [-0.4, -0.2) is 6.10 Å². The summed E-state index contributed by atoms with van der Waals surface area (Å²) < 4.78 is 5.86. The molecule has 2 rings (SSSR count). The third-order valence-electron chi connectivity index (χ3n) is 3.34. The lowest BCUT2D eigenvalue weighted by Gasteiger charge is -2.22. The van der Waals surface area contributed by atoms with Gasteiger partial charge in [0.15, 0.2) is 0 Å². The number of hydrogen-bond donors (Lipinski definition) is 1. The molecule has 0 saturated carbocycles. The van der Waals surface area contributed by atoms with E-state index in [0.717, 1.165) is 17.7 Å². The minimum Gasteiger partial charge on any atom is -0.489 e. The third-order valence-corrected chi connectivity index (χ3v) is 3.34. The topological polar surface area (TPSA) is 35.2 Å². The van der Waals surface area contributed by atoms with Gasteiger partial charge < -0.3 is 10.5 Å². The van der Waals surface area contributed by atoms with E-state index >= 15 is 0 Å². The van der Waals surface area contributed by atoms with Crippen molar-refractivity contribution in [1.29, 1.82) is 0 Å². The van der Waals surface area contributed by atoms with Gasteiger partial charge in [0.2, 0.25) is 0 Å². The van der Waals surface area contributed by atoms with Crippen LogP contribution in [0, 0.1) is 0 Å². The summed E-state index contributed by atoms with van der Waals surface area (Å²) in [6.45, 7) is 4.15. The molecule has 2 N–H and O–H groups in total. The molecule has 2 aromatic carbocycles. The van der Waals surface area contributed by atoms with Crippen LogP contribution in [0.2, 0.25) is 0 Å². The second kappa shape index (κ2) is 6.39. The van der Waals surface area contributed by atoms with Crippen molar-refractivity contribution in [3.63, 3.8) is 0 Å². The Morgan fingerprint density at radius 2 is 1.63 bits per heavy atom. The predicted octanol–water partition coefficient (Wildman–Crippen LogP) is 3.72. The summed E-state index contributed by atoms with van der Waals surface area (Å²) in [7, 11) is 0. The third kappa shape index (κ3) is 3.58. The van der Waals surface area contributed by atoms with E-state index in [2.05, 4.69) is 31.2 Å². The minimum atomic E-state index is -0.119. The molecule has 0 aliphatic heterocycles. The number of nitrogens with two attached hydrogens (primary N) is 1. The van der Waals surface area contributed by atoms with Gasteiger partial charge in [-0.15, -0.1) is 0 Å². The van der Waals surface area contributed by atoms with Crippen LogP contribution in [0.5, 0.6) is 5.75 Å². The summed E-state index contributed by atoms with van der Waals surface area (Å²) in [6.07, 6.45) is 0.987. The summed E-state index contributed by atoms with van der Waals surface area (Å²) in [6, 6.07) is 18.1. The normalized spacial score (nSPS) is 13.8. The van der Waals surface area contributed by atoms with Crippen LogP contribution in [-0.2, 0) is 6.42 Å². The van der Waals surface area contributed by atoms with Crippen molar-refractivity contribution in [1.82, 2.24) is 0 Å². The first-order valence-electron chi connectivity index (χ1n) is 6.77. The zero-order chi connectivity index (χ0) is 13.7. The van der Waals surface area contributed by atoms with Crippen LogP contribution in [0.15, 0.2) is 54.6 Å². The lowest BCUT2D eigenvalue weighted by atomic mass is 10.0. The van der Waals surface area contributed by atoms with Crippen LogP contribution in [0.25, 0.3) is 0 Å². The van der Waals surface area contributed by atoms with Crippen LogP contribution >= 0.6 is 0 Å². The lowest BCUT2D eigenvalue weighted by molar-refractivity contribution is 0.190. The van der Waals surface area contributed by atoms with Crippen LogP contribution < -0.4 is 10.5 Å². The van der Waals surface area contributed by atoms with Gasteiger partial charge in [-0.3, -0.25) is 0 Å². The summed E-state index contributed by atoms with van der Waals surface area (Å²) in [5, 5.41) is 0. The Labute approximate surface area is 115 Å². The average molecular weight is 255 g/mol. The fourth-order valence-corrected chi connectivity index (χ4v) is 2.03. The molecule has 2 aromatic rings. The van der Waals surface area contributed by atoms with E-state index in [9.17, 15) is 0 Å². The van der Waals surface area contributed by atoms with E-state index in [1.165, 1.54) is 5.56 Å². The Balaban J connectivity index is 2.03. The number of aryl methyl sites for hydroxylation is 1. The van der Waals surface area contributed by atoms with Gasteiger partial charge in [-0.25, -0.2) is 0 Å². The Bertz CT molecular complexity index is 492. The number of ether oxygens (including phenoxy) is 1. The fourth-order valence-electron chi connectivity index (χ4n) is 2.03. The molecule has 0 saturated heterocycles. The number of para-hydroxylation sites is 1. The molecule has 2 nitrogen and oxygen atoms in total. The molecule has 2 atom stereocenters. The van der Waals surface area contributed by atoms with Crippen molar-refractivity contribution in [3.05, 3.63) is 65.7 Å². The molecular formula is C17H21NO. The van der Waals surface area contributed by atoms with E-state index < -0.39 is 0 Å². The van der Waals surface area contributed by atoms with Crippen LogP contribution in [0.3, 0.4) is 0 Å². The Kier molecular flexibility index (Phi) is 4.58. The number of benzene rings is 2. The highest BCUT2D eigenvalue weighted by Gasteiger charge is 2.16. The van der Waals surface area contributed by atoms with Crippen molar-refractivity contribution in [2.75, 3.05) is 0 Å². The standard InChI is InChI=1S/C17H21NO/c1-3-14-9-11-15(12-10-14)17(18)13(2)19-16-7-5-4-6-8-16/h4-13,17H,3,18H2,1-2H3. The highest BCUT2D eigenvalue weighted by Crippen LogP contribution is 2.20. The molecule has 0 heterocycles. The molecular weight excluding hydrogens is 234 g/mol. The SMILES string of the molecule is CCc1ccc(C(N)C(C)Oc2ccccc2)cc1. The number of hydrogen-bond acceptors (Lipinski definition) is 2. The lowest BCUT2D eigenvalue weighted by Crippen LogP contribution is -2.28. The molecule has 0 bridgehead atoms. The zero-order valence-corrected chi connectivity index (χ0v) is 11.5. The molecule has 100 valence electrons. The van der Waals surface area contributed by atoms with Crippen LogP contribution in [0.1, 0.15) is 31.0 Å². The average Bonchev–Trinajstić information content (AvgIpc) is 2.47. The van der Waals surface area contributed by atoms with Gasteiger partial charge in [-0.2, -0.15) is 0 Å². The van der Waals surface area contributed by atoms with Crippen molar-refractivity contribution in [2.45, 2.75) is 32.4 Å². The van der Waals surface area contributed by atoms with E-state index in [4.69, 9.17) is 10.5 Å². The monoisotopic (exact) mass is 255 g/mol. The molecule has 0 spiro atoms. The van der Waals surface area contributed by atoms with E-state index in [0.29, 0.717) is 0 Å². The van der Waals surface area contributed by atoms with Crippen molar-refractivity contribution < 1.29 is 4.74 Å². The highest BCUT2D eigenvalue weighted by atomic mass is 16.5. The first-order chi connectivity index (χ1) is 9.20. The maximum absolute atomic E-state index is 6.25. The van der Waals surface area contributed by atoms with Gasteiger partial charge >= 0.3 is 0 Å². The summed E-state index contributed by atoms with van der Waals surface area (Å²) in [4.78, 5) is 0. The van der Waals surface area contributed by atoms with Gasteiger partial charge in [0.25, 0.3) is 0 Å².